The van der Waals surface area contributed by atoms with Crippen molar-refractivity contribution in [3.8, 4) is 0 Å². The topological polar surface area (TPSA) is 20.3 Å². The van der Waals surface area contributed by atoms with Crippen LogP contribution in [0, 0.1) is 0 Å². The van der Waals surface area contributed by atoms with Crippen LogP contribution in [0.25, 0.3) is 0 Å². The summed E-state index contributed by atoms with van der Waals surface area (Å²) in [6, 6.07) is 3.54. The summed E-state index contributed by atoms with van der Waals surface area (Å²) in [6.45, 7) is 8.04. The van der Waals surface area contributed by atoms with Gasteiger partial charge in [-0.2, -0.15) is 0 Å². The van der Waals surface area contributed by atoms with Crippen LogP contribution < -0.4 is 0 Å². The lowest BCUT2D eigenvalue weighted by atomic mass is 10.1. The molecule has 1 rings (SSSR count). The van der Waals surface area contributed by atoms with Crippen molar-refractivity contribution < 1.29 is 4.79 Å². The lowest BCUT2D eigenvalue weighted by molar-refractivity contribution is 0.0849. The SMILES string of the molecule is CCCN(CC)C(C)C(=O)c1ccc(Cl)s1. The van der Waals surface area contributed by atoms with Crippen LogP contribution in [0.15, 0.2) is 12.1 Å². The van der Waals surface area contributed by atoms with Crippen molar-refractivity contribution in [1.82, 2.24) is 4.90 Å². The van der Waals surface area contributed by atoms with E-state index in [4.69, 9.17) is 11.6 Å². The fraction of sp³-hybridized carbons (Fsp3) is 0.583. The molecule has 0 aliphatic heterocycles. The normalized spacial score (nSPS) is 13.1. The highest BCUT2D eigenvalue weighted by Crippen LogP contribution is 2.23. The number of hydrogen-bond donors (Lipinski definition) is 0. The minimum atomic E-state index is -0.0559. The Labute approximate surface area is 106 Å². The molecule has 0 radical (unpaired) electrons. The molecule has 1 atom stereocenters. The molecule has 4 heteroatoms. The van der Waals surface area contributed by atoms with Crippen molar-refractivity contribution >= 4 is 28.7 Å². The van der Waals surface area contributed by atoms with Crippen molar-refractivity contribution in [2.45, 2.75) is 33.2 Å². The molecule has 0 bridgehead atoms. The molecule has 0 fully saturated rings. The van der Waals surface area contributed by atoms with Crippen LogP contribution in [0.2, 0.25) is 4.34 Å². The van der Waals surface area contributed by atoms with E-state index in [9.17, 15) is 4.79 Å². The average molecular weight is 260 g/mol. The van der Waals surface area contributed by atoms with Crippen LogP contribution in [-0.4, -0.2) is 29.8 Å². The number of rotatable bonds is 6. The van der Waals surface area contributed by atoms with E-state index in [0.717, 1.165) is 24.4 Å². The molecule has 2 nitrogen and oxygen atoms in total. The summed E-state index contributed by atoms with van der Waals surface area (Å²) in [5.74, 6) is 0.173. The first-order valence-electron chi connectivity index (χ1n) is 5.63. The molecule has 1 heterocycles. The molecule has 0 amide bonds. The highest BCUT2D eigenvalue weighted by molar-refractivity contribution is 7.18. The summed E-state index contributed by atoms with van der Waals surface area (Å²) >= 11 is 7.20. The van der Waals surface area contributed by atoms with Gasteiger partial charge in [0.05, 0.1) is 15.3 Å². The zero-order valence-corrected chi connectivity index (χ0v) is 11.6. The standard InChI is InChI=1S/C12H18ClNOS/c1-4-8-14(5-2)9(3)12(15)10-6-7-11(13)16-10/h6-7,9H,4-5,8H2,1-3H3. The number of carbonyl (C=O) groups excluding carboxylic acids is 1. The van der Waals surface area contributed by atoms with Crippen LogP contribution in [0.4, 0.5) is 0 Å². The molecule has 0 aromatic carbocycles. The number of Topliss-reactive ketones (excluding diaryl/α,β-unsaturated/α-hetero) is 1. The maximum Gasteiger partial charge on any atom is 0.189 e. The molecule has 0 aliphatic carbocycles. The largest absolute Gasteiger partial charge is 0.294 e. The van der Waals surface area contributed by atoms with E-state index in [-0.39, 0.29) is 11.8 Å². The van der Waals surface area contributed by atoms with Gasteiger partial charge in [-0.05, 0) is 38.6 Å². The van der Waals surface area contributed by atoms with E-state index in [1.54, 1.807) is 6.07 Å². The van der Waals surface area contributed by atoms with Gasteiger partial charge in [0.2, 0.25) is 0 Å². The van der Waals surface area contributed by atoms with Gasteiger partial charge in [-0.15, -0.1) is 11.3 Å². The van der Waals surface area contributed by atoms with Crippen molar-refractivity contribution in [3.05, 3.63) is 21.3 Å². The molecule has 1 aromatic heterocycles. The van der Waals surface area contributed by atoms with Crippen molar-refractivity contribution in [2.75, 3.05) is 13.1 Å². The van der Waals surface area contributed by atoms with E-state index >= 15 is 0 Å². The van der Waals surface area contributed by atoms with Crippen LogP contribution >= 0.6 is 22.9 Å². The van der Waals surface area contributed by atoms with Gasteiger partial charge in [-0.3, -0.25) is 9.69 Å². The summed E-state index contributed by atoms with van der Waals surface area (Å²) in [6.07, 6.45) is 1.07. The van der Waals surface area contributed by atoms with Gasteiger partial charge >= 0.3 is 0 Å². The number of nitrogens with zero attached hydrogens (tertiary/aromatic N) is 1. The van der Waals surface area contributed by atoms with Gasteiger partial charge in [-0.1, -0.05) is 25.4 Å². The Bertz CT molecular complexity index is 351. The second-order valence-electron chi connectivity index (χ2n) is 3.77. The fourth-order valence-corrected chi connectivity index (χ4v) is 2.80. The Morgan fingerprint density at radius 2 is 2.19 bits per heavy atom. The molecular weight excluding hydrogens is 242 g/mol. The van der Waals surface area contributed by atoms with Gasteiger partial charge < -0.3 is 0 Å². The molecule has 0 aliphatic rings. The Kier molecular flexibility index (Phi) is 5.46. The third kappa shape index (κ3) is 3.30. The summed E-state index contributed by atoms with van der Waals surface area (Å²) < 4.78 is 0.675. The maximum absolute atomic E-state index is 12.1. The summed E-state index contributed by atoms with van der Waals surface area (Å²) in [4.78, 5) is 15.1. The zero-order valence-electron chi connectivity index (χ0n) is 10.00. The minimum Gasteiger partial charge on any atom is -0.294 e. The van der Waals surface area contributed by atoms with Crippen LogP contribution in [0.3, 0.4) is 0 Å². The van der Waals surface area contributed by atoms with Gasteiger partial charge in [0.25, 0.3) is 0 Å². The number of likely N-dealkylation sites (N-methyl/N-ethyl adjacent to an activating group) is 1. The average Bonchev–Trinajstić information content (AvgIpc) is 2.70. The smallest absolute Gasteiger partial charge is 0.189 e. The lowest BCUT2D eigenvalue weighted by Gasteiger charge is -2.25. The summed E-state index contributed by atoms with van der Waals surface area (Å²) in [7, 11) is 0. The van der Waals surface area contributed by atoms with Crippen LogP contribution in [0.5, 0.6) is 0 Å². The quantitative estimate of drug-likeness (QED) is 0.726. The van der Waals surface area contributed by atoms with Gasteiger partial charge in [0.15, 0.2) is 5.78 Å². The van der Waals surface area contributed by atoms with Crippen molar-refractivity contribution in [3.63, 3.8) is 0 Å². The van der Waals surface area contributed by atoms with E-state index in [2.05, 4.69) is 18.7 Å². The van der Waals surface area contributed by atoms with Gasteiger partial charge in [0, 0.05) is 0 Å². The van der Waals surface area contributed by atoms with Crippen LogP contribution in [0.1, 0.15) is 36.9 Å². The van der Waals surface area contributed by atoms with Gasteiger partial charge in [0.1, 0.15) is 0 Å². The van der Waals surface area contributed by atoms with E-state index < -0.39 is 0 Å². The first kappa shape index (κ1) is 13.7. The Balaban J connectivity index is 2.72. The van der Waals surface area contributed by atoms with Crippen LogP contribution in [-0.2, 0) is 0 Å². The first-order valence-corrected chi connectivity index (χ1v) is 6.83. The molecule has 0 saturated heterocycles. The lowest BCUT2D eigenvalue weighted by Crippen LogP contribution is -2.39. The molecule has 0 saturated carbocycles. The van der Waals surface area contributed by atoms with Gasteiger partial charge in [-0.25, -0.2) is 0 Å². The molecule has 16 heavy (non-hydrogen) atoms. The summed E-state index contributed by atoms with van der Waals surface area (Å²) in [5.41, 5.74) is 0. The third-order valence-corrected chi connectivity index (χ3v) is 3.91. The van der Waals surface area contributed by atoms with Crippen molar-refractivity contribution in [2.24, 2.45) is 0 Å². The molecule has 0 N–H and O–H groups in total. The van der Waals surface area contributed by atoms with E-state index in [1.807, 2.05) is 13.0 Å². The number of hydrogen-bond acceptors (Lipinski definition) is 3. The predicted molar refractivity (Wildman–Crippen MR) is 70.7 cm³/mol. The fourth-order valence-electron chi connectivity index (χ4n) is 1.73. The first-order chi connectivity index (χ1) is 7.60. The van der Waals surface area contributed by atoms with E-state index in [0.29, 0.717) is 4.34 Å². The molecule has 90 valence electrons. The highest BCUT2D eigenvalue weighted by atomic mass is 35.5. The Hall–Kier alpha value is -0.380. The number of carbonyl (C=O) groups is 1. The minimum absolute atomic E-state index is 0.0559. The predicted octanol–water partition coefficient (Wildman–Crippen LogP) is 3.70. The van der Waals surface area contributed by atoms with Crippen molar-refractivity contribution in [1.29, 1.82) is 0 Å². The number of thiophene rings is 1. The molecular formula is C12H18ClNOS. The Morgan fingerprint density at radius 1 is 1.50 bits per heavy atom. The maximum atomic E-state index is 12.1. The molecule has 0 spiro atoms. The third-order valence-electron chi connectivity index (χ3n) is 2.66. The molecule has 1 unspecified atom stereocenters. The number of ketones is 1. The second-order valence-corrected chi connectivity index (χ2v) is 5.49. The second kappa shape index (κ2) is 6.38. The summed E-state index contributed by atoms with van der Waals surface area (Å²) in [5, 5.41) is 0. The number of halogens is 1. The molecule has 1 aromatic rings. The van der Waals surface area contributed by atoms with E-state index in [1.165, 1.54) is 11.3 Å². The highest BCUT2D eigenvalue weighted by Gasteiger charge is 2.21. The zero-order chi connectivity index (χ0) is 12.1. The Morgan fingerprint density at radius 3 is 2.62 bits per heavy atom. The monoisotopic (exact) mass is 259 g/mol.